The molecule has 1 fully saturated rings. The molecule has 0 spiro atoms. The zero-order valence-corrected chi connectivity index (χ0v) is 16.1. The highest BCUT2D eigenvalue weighted by Crippen LogP contribution is 2.26. The van der Waals surface area contributed by atoms with Crippen molar-refractivity contribution in [2.45, 2.75) is 50.6 Å². The van der Waals surface area contributed by atoms with E-state index in [1.165, 1.54) is 50.7 Å². The van der Waals surface area contributed by atoms with Gasteiger partial charge in [0, 0.05) is 10.9 Å². The van der Waals surface area contributed by atoms with Crippen molar-refractivity contribution in [3.8, 4) is 0 Å². The maximum absolute atomic E-state index is 13.3. The lowest BCUT2D eigenvalue weighted by Gasteiger charge is -2.27. The molecule has 1 unspecified atom stereocenters. The fourth-order valence-corrected chi connectivity index (χ4v) is 4.49. The first-order valence-electron chi connectivity index (χ1n) is 9.42. The maximum Gasteiger partial charge on any atom is 0.234 e. The van der Waals surface area contributed by atoms with E-state index in [-0.39, 0.29) is 17.8 Å². The Morgan fingerprint density at radius 3 is 2.50 bits per heavy atom. The van der Waals surface area contributed by atoms with Crippen LogP contribution in [0.1, 0.15) is 55.0 Å². The molecule has 3 rings (SSSR count). The fourth-order valence-electron chi connectivity index (χ4n) is 3.69. The van der Waals surface area contributed by atoms with Gasteiger partial charge in [0.15, 0.2) is 0 Å². The van der Waals surface area contributed by atoms with Gasteiger partial charge in [-0.25, -0.2) is 4.39 Å². The fraction of sp³-hybridized carbons (Fsp3) is 0.476. The van der Waals surface area contributed by atoms with Crippen LogP contribution < -0.4 is 5.32 Å². The third-order valence-electron chi connectivity index (χ3n) is 5.18. The van der Waals surface area contributed by atoms with Crippen LogP contribution in [0.5, 0.6) is 0 Å². The summed E-state index contributed by atoms with van der Waals surface area (Å²) in [7, 11) is 2.05. The second-order valence-corrected chi connectivity index (χ2v) is 8.11. The van der Waals surface area contributed by atoms with Crippen LogP contribution in [0.2, 0.25) is 0 Å². The number of nitrogens with zero attached hydrogens (tertiary/aromatic N) is 1. The molecule has 5 heteroatoms. The molecule has 0 saturated heterocycles. The lowest BCUT2D eigenvalue weighted by Crippen LogP contribution is -2.41. The van der Waals surface area contributed by atoms with Crippen LogP contribution in [0.3, 0.4) is 0 Å². The van der Waals surface area contributed by atoms with Crippen molar-refractivity contribution in [2.24, 2.45) is 0 Å². The molecule has 1 aromatic heterocycles. The highest BCUT2D eigenvalue weighted by Gasteiger charge is 2.22. The number of halogens is 1. The highest BCUT2D eigenvalue weighted by molar-refractivity contribution is 7.10. The van der Waals surface area contributed by atoms with E-state index in [1.54, 1.807) is 23.5 Å². The third kappa shape index (κ3) is 5.15. The minimum Gasteiger partial charge on any atom is -0.343 e. The molecule has 2 aromatic rings. The Kier molecular flexibility index (Phi) is 6.80. The summed E-state index contributed by atoms with van der Waals surface area (Å²) in [6.07, 6.45) is 7.48. The summed E-state index contributed by atoms with van der Waals surface area (Å²) in [4.78, 5) is 16.0. The molecule has 1 N–H and O–H groups in total. The number of nitrogens with one attached hydrogen (secondary N) is 1. The van der Waals surface area contributed by atoms with Crippen LogP contribution in [-0.4, -0.2) is 30.4 Å². The number of thiophene rings is 1. The van der Waals surface area contributed by atoms with Gasteiger partial charge in [-0.15, -0.1) is 11.3 Å². The summed E-state index contributed by atoms with van der Waals surface area (Å²) in [6, 6.07) is 10.6. The lowest BCUT2D eigenvalue weighted by atomic mass is 10.0. The molecule has 3 nitrogen and oxygen atoms in total. The van der Waals surface area contributed by atoms with Gasteiger partial charge in [-0.2, -0.15) is 0 Å². The van der Waals surface area contributed by atoms with Crippen molar-refractivity contribution in [3.63, 3.8) is 0 Å². The van der Waals surface area contributed by atoms with E-state index in [0.29, 0.717) is 12.6 Å². The Bertz CT molecular complexity index is 679. The van der Waals surface area contributed by atoms with Gasteiger partial charge in [-0.1, -0.05) is 43.9 Å². The monoisotopic (exact) mass is 374 g/mol. The summed E-state index contributed by atoms with van der Waals surface area (Å²) >= 11 is 1.60. The van der Waals surface area contributed by atoms with Crippen molar-refractivity contribution in [1.29, 1.82) is 0 Å². The number of carbonyl (C=O) groups is 1. The molecule has 1 aromatic carbocycles. The molecule has 1 heterocycles. The second kappa shape index (κ2) is 9.28. The Labute approximate surface area is 159 Å². The Balaban J connectivity index is 1.66. The molecule has 1 aliphatic rings. The number of hydrogen-bond donors (Lipinski definition) is 1. The van der Waals surface area contributed by atoms with Gasteiger partial charge in [-0.3, -0.25) is 9.69 Å². The van der Waals surface area contributed by atoms with Crippen LogP contribution in [0.25, 0.3) is 0 Å². The first kappa shape index (κ1) is 19.1. The van der Waals surface area contributed by atoms with Gasteiger partial charge in [0.2, 0.25) is 5.91 Å². The maximum atomic E-state index is 13.3. The van der Waals surface area contributed by atoms with Crippen molar-refractivity contribution >= 4 is 17.2 Å². The van der Waals surface area contributed by atoms with Crippen molar-refractivity contribution in [1.82, 2.24) is 10.2 Å². The molecular formula is C21H27FN2OS. The first-order chi connectivity index (χ1) is 12.6. The van der Waals surface area contributed by atoms with Gasteiger partial charge in [-0.05, 0) is 49.0 Å². The number of benzene rings is 1. The second-order valence-electron chi connectivity index (χ2n) is 7.13. The Hall–Kier alpha value is -1.72. The largest absolute Gasteiger partial charge is 0.343 e. The first-order valence-corrected chi connectivity index (χ1v) is 10.3. The molecule has 0 bridgehead atoms. The number of hydrogen-bond acceptors (Lipinski definition) is 3. The van der Waals surface area contributed by atoms with Crippen LogP contribution in [0.15, 0.2) is 41.8 Å². The van der Waals surface area contributed by atoms with Crippen molar-refractivity contribution in [3.05, 3.63) is 58.0 Å². The number of amides is 1. The number of rotatable bonds is 6. The third-order valence-corrected chi connectivity index (χ3v) is 6.11. The summed E-state index contributed by atoms with van der Waals surface area (Å²) in [5, 5.41) is 5.14. The molecule has 26 heavy (non-hydrogen) atoms. The molecule has 1 amide bonds. The van der Waals surface area contributed by atoms with Crippen LogP contribution in [0, 0.1) is 5.82 Å². The van der Waals surface area contributed by atoms with E-state index < -0.39 is 0 Å². The standard InChI is InChI=1S/C21H27FN2OS/c1-24(18-7-4-2-3-5-8-18)15-20(25)23-21(19-9-6-14-26-19)16-10-12-17(22)13-11-16/h6,9-14,18,21H,2-5,7-8,15H2,1H3,(H,23,25). The summed E-state index contributed by atoms with van der Waals surface area (Å²) in [5.74, 6) is -0.252. The summed E-state index contributed by atoms with van der Waals surface area (Å²) in [6.45, 7) is 0.397. The van der Waals surface area contributed by atoms with Crippen LogP contribution >= 0.6 is 11.3 Å². The van der Waals surface area contributed by atoms with Crippen molar-refractivity contribution in [2.75, 3.05) is 13.6 Å². The van der Waals surface area contributed by atoms with E-state index in [9.17, 15) is 9.18 Å². The summed E-state index contributed by atoms with van der Waals surface area (Å²) in [5.41, 5.74) is 0.902. The molecule has 1 aliphatic carbocycles. The molecule has 1 atom stereocenters. The smallest absolute Gasteiger partial charge is 0.234 e. The predicted molar refractivity (Wildman–Crippen MR) is 105 cm³/mol. The normalized spacial score (nSPS) is 17.0. The van der Waals surface area contributed by atoms with E-state index >= 15 is 0 Å². The minimum absolute atomic E-state index is 0.0134. The molecular weight excluding hydrogens is 347 g/mol. The van der Waals surface area contributed by atoms with Gasteiger partial charge in [0.05, 0.1) is 12.6 Å². The average molecular weight is 375 g/mol. The molecule has 0 aliphatic heterocycles. The quantitative estimate of drug-likeness (QED) is 0.740. The minimum atomic E-state index is -0.266. The highest BCUT2D eigenvalue weighted by atomic mass is 32.1. The van der Waals surface area contributed by atoms with E-state index in [1.807, 2.05) is 24.6 Å². The molecule has 1 saturated carbocycles. The van der Waals surface area contributed by atoms with Gasteiger partial charge < -0.3 is 5.32 Å². The van der Waals surface area contributed by atoms with E-state index in [0.717, 1.165) is 10.4 Å². The predicted octanol–water partition coefficient (Wildman–Crippen LogP) is 4.75. The lowest BCUT2D eigenvalue weighted by molar-refractivity contribution is -0.123. The van der Waals surface area contributed by atoms with E-state index in [4.69, 9.17) is 0 Å². The van der Waals surface area contributed by atoms with Gasteiger partial charge in [0.1, 0.15) is 5.82 Å². The van der Waals surface area contributed by atoms with Gasteiger partial charge in [0.25, 0.3) is 0 Å². The Morgan fingerprint density at radius 1 is 1.19 bits per heavy atom. The number of likely N-dealkylation sites (N-methyl/N-ethyl adjacent to an activating group) is 1. The summed E-state index contributed by atoms with van der Waals surface area (Å²) < 4.78 is 13.3. The van der Waals surface area contributed by atoms with Crippen molar-refractivity contribution < 1.29 is 9.18 Å². The topological polar surface area (TPSA) is 32.3 Å². The average Bonchev–Trinajstić information content (AvgIpc) is 3.02. The number of carbonyl (C=O) groups excluding carboxylic acids is 1. The van der Waals surface area contributed by atoms with Gasteiger partial charge >= 0.3 is 0 Å². The molecule has 140 valence electrons. The Morgan fingerprint density at radius 2 is 1.88 bits per heavy atom. The zero-order chi connectivity index (χ0) is 18.4. The van der Waals surface area contributed by atoms with E-state index in [2.05, 4.69) is 10.2 Å². The molecule has 0 radical (unpaired) electrons. The van der Waals surface area contributed by atoms with Crippen LogP contribution in [0.4, 0.5) is 4.39 Å². The van der Waals surface area contributed by atoms with Crippen LogP contribution in [-0.2, 0) is 4.79 Å². The SMILES string of the molecule is CN(CC(=O)NC(c1ccc(F)cc1)c1cccs1)C1CCCCCC1. The zero-order valence-electron chi connectivity index (χ0n) is 15.3.